The molecule has 2 bridgehead atoms. The molecule has 0 amide bonds. The number of ether oxygens (including phenoxy) is 4. The number of carbonyl (C=O) groups excluding carboxylic acids is 3. The van der Waals surface area contributed by atoms with Gasteiger partial charge in [0.1, 0.15) is 29.0 Å². The van der Waals surface area contributed by atoms with Crippen LogP contribution in [0.1, 0.15) is 158 Å². The van der Waals surface area contributed by atoms with Gasteiger partial charge in [0, 0.05) is 38.5 Å². The molecule has 2 aliphatic heterocycles. The quantitative estimate of drug-likeness (QED) is 0.110. The van der Waals surface area contributed by atoms with E-state index in [1.807, 2.05) is 13.8 Å². The van der Waals surface area contributed by atoms with Crippen LogP contribution in [0.3, 0.4) is 0 Å². The summed E-state index contributed by atoms with van der Waals surface area (Å²) in [5.41, 5.74) is -3.19. The van der Waals surface area contributed by atoms with Crippen molar-refractivity contribution in [3.63, 3.8) is 0 Å². The first kappa shape index (κ1) is 37.8. The molecule has 0 spiro atoms. The number of fused-ring (bicyclic) bond motifs is 5. The lowest BCUT2D eigenvalue weighted by Crippen LogP contribution is -2.58. The van der Waals surface area contributed by atoms with Crippen LogP contribution in [0, 0.1) is 23.7 Å². The molecule has 260 valence electrons. The van der Waals surface area contributed by atoms with E-state index in [-0.39, 0.29) is 36.1 Å². The van der Waals surface area contributed by atoms with E-state index >= 15 is 0 Å². The molecule has 9 atom stereocenters. The van der Waals surface area contributed by atoms with E-state index in [1.165, 1.54) is 58.8 Å². The second-order valence-corrected chi connectivity index (χ2v) is 15.5. The van der Waals surface area contributed by atoms with E-state index in [9.17, 15) is 19.5 Å². The molecule has 0 unspecified atom stereocenters. The Hall–Kier alpha value is -1.67. The van der Waals surface area contributed by atoms with Crippen molar-refractivity contribution in [2.75, 3.05) is 0 Å². The smallest absolute Gasteiger partial charge is 0.306 e. The Morgan fingerprint density at radius 3 is 1.91 bits per heavy atom. The Balaban J connectivity index is 1.76. The highest BCUT2D eigenvalue weighted by Crippen LogP contribution is 2.58. The average molecular weight is 637 g/mol. The number of rotatable bonds is 15. The summed E-state index contributed by atoms with van der Waals surface area (Å²) in [6.45, 7) is 15.1. The van der Waals surface area contributed by atoms with Gasteiger partial charge in [0.2, 0.25) is 0 Å². The van der Waals surface area contributed by atoms with Crippen LogP contribution in [0.5, 0.6) is 0 Å². The van der Waals surface area contributed by atoms with Gasteiger partial charge in [-0.25, -0.2) is 0 Å². The highest BCUT2D eigenvalue weighted by atomic mass is 16.6. The Kier molecular flexibility index (Phi) is 13.8. The summed E-state index contributed by atoms with van der Waals surface area (Å²) in [5, 5.41) is 12.0. The zero-order valence-corrected chi connectivity index (χ0v) is 29.7. The predicted octanol–water partition coefficient (Wildman–Crippen LogP) is 7.85. The van der Waals surface area contributed by atoms with Gasteiger partial charge in [-0.3, -0.25) is 14.4 Å². The maximum absolute atomic E-state index is 13.1. The summed E-state index contributed by atoms with van der Waals surface area (Å²) >= 11 is 0. The van der Waals surface area contributed by atoms with Crippen LogP contribution < -0.4 is 0 Å². The molecular weight excluding hydrogens is 572 g/mol. The van der Waals surface area contributed by atoms with Crippen LogP contribution in [0.2, 0.25) is 0 Å². The van der Waals surface area contributed by atoms with Gasteiger partial charge in [0.05, 0.1) is 6.10 Å². The second kappa shape index (κ2) is 16.4. The molecule has 3 fully saturated rings. The maximum Gasteiger partial charge on any atom is 0.306 e. The molecule has 2 heterocycles. The van der Waals surface area contributed by atoms with Crippen LogP contribution in [-0.4, -0.2) is 58.1 Å². The first-order chi connectivity index (χ1) is 21.1. The highest BCUT2D eigenvalue weighted by Gasteiger charge is 2.65. The molecule has 45 heavy (non-hydrogen) atoms. The van der Waals surface area contributed by atoms with Crippen LogP contribution >= 0.6 is 0 Å². The summed E-state index contributed by atoms with van der Waals surface area (Å²) in [5.74, 6) is -0.697. The standard InChI is InChI=1S/C37H64O8/c1-9-10-11-12-13-14-15-16-17-18-19-31(40)43-30-21-23-37(8,45-27(5)39)34-32-28(25(2)3)20-22-36(7,44-26(4)38)33(32)29(42-34)24-35(30,6)41/h25,28-30,32-34,41H,9-24H2,1-8H3/t28-,29-,30+,32-,33-,34-,35+,36-,37-/m0/s1. The van der Waals surface area contributed by atoms with Gasteiger partial charge in [0.15, 0.2) is 0 Å². The molecule has 1 aliphatic carbocycles. The van der Waals surface area contributed by atoms with Gasteiger partial charge in [-0.15, -0.1) is 0 Å². The normalized spacial score (nSPS) is 36.4. The maximum atomic E-state index is 13.1. The van der Waals surface area contributed by atoms with Crippen molar-refractivity contribution in [2.24, 2.45) is 23.7 Å². The summed E-state index contributed by atoms with van der Waals surface area (Å²) in [4.78, 5) is 37.9. The van der Waals surface area contributed by atoms with E-state index in [4.69, 9.17) is 18.9 Å². The average Bonchev–Trinajstić information content (AvgIpc) is 3.32. The third-order valence-corrected chi connectivity index (χ3v) is 11.1. The minimum atomic E-state index is -1.39. The van der Waals surface area contributed by atoms with Crippen molar-refractivity contribution in [2.45, 2.75) is 193 Å². The van der Waals surface area contributed by atoms with Crippen LogP contribution in [0.4, 0.5) is 0 Å². The Bertz CT molecular complexity index is 977. The topological polar surface area (TPSA) is 108 Å². The predicted molar refractivity (Wildman–Crippen MR) is 174 cm³/mol. The fourth-order valence-electron chi connectivity index (χ4n) is 8.86. The van der Waals surface area contributed by atoms with Crippen LogP contribution in [0.25, 0.3) is 0 Å². The fraction of sp³-hybridized carbons (Fsp3) is 0.919. The number of carbonyl (C=O) groups is 3. The largest absolute Gasteiger partial charge is 0.459 e. The van der Waals surface area contributed by atoms with Crippen molar-refractivity contribution in [1.29, 1.82) is 0 Å². The van der Waals surface area contributed by atoms with Crippen molar-refractivity contribution < 1.29 is 38.4 Å². The van der Waals surface area contributed by atoms with E-state index in [0.29, 0.717) is 31.6 Å². The SMILES string of the molecule is CCCCCCCCCCCCC(=O)O[C@@H]1CC[C@](C)(OC(C)=O)[C@H]2O[C@@H](C[C@@]1(C)O)[C@H]1[C@@H]2[C@H](C(C)C)CC[C@]1(C)OC(C)=O. The number of unbranched alkanes of at least 4 members (excludes halogenated alkanes) is 9. The van der Waals surface area contributed by atoms with E-state index < -0.39 is 41.1 Å². The summed E-state index contributed by atoms with van der Waals surface area (Å²) in [6, 6.07) is 0. The monoisotopic (exact) mass is 636 g/mol. The van der Waals surface area contributed by atoms with Crippen LogP contribution in [-0.2, 0) is 33.3 Å². The number of aliphatic hydroxyl groups is 1. The summed E-state index contributed by atoms with van der Waals surface area (Å²) in [6.07, 6.45) is 12.9. The molecule has 0 aromatic carbocycles. The van der Waals surface area contributed by atoms with E-state index in [2.05, 4.69) is 20.8 Å². The summed E-state index contributed by atoms with van der Waals surface area (Å²) < 4.78 is 25.0. The third-order valence-electron chi connectivity index (χ3n) is 11.1. The molecule has 1 N–H and O–H groups in total. The highest BCUT2D eigenvalue weighted by molar-refractivity contribution is 5.69. The fourth-order valence-corrected chi connectivity index (χ4v) is 8.86. The zero-order chi connectivity index (χ0) is 33.4. The lowest BCUT2D eigenvalue weighted by atomic mass is 9.57. The second-order valence-electron chi connectivity index (χ2n) is 15.5. The minimum absolute atomic E-state index is 0.0382. The van der Waals surface area contributed by atoms with Crippen molar-refractivity contribution in [3.05, 3.63) is 0 Å². The van der Waals surface area contributed by atoms with Gasteiger partial charge in [0.25, 0.3) is 0 Å². The number of hydrogen-bond acceptors (Lipinski definition) is 8. The molecule has 2 saturated heterocycles. The number of esters is 3. The molecule has 0 aromatic rings. The van der Waals surface area contributed by atoms with Gasteiger partial charge < -0.3 is 24.1 Å². The lowest BCUT2D eigenvalue weighted by molar-refractivity contribution is -0.185. The Morgan fingerprint density at radius 1 is 0.822 bits per heavy atom. The molecule has 3 aliphatic rings. The minimum Gasteiger partial charge on any atom is -0.459 e. The molecule has 8 heteroatoms. The molecule has 8 nitrogen and oxygen atoms in total. The first-order valence-corrected chi connectivity index (χ1v) is 18.1. The number of hydrogen-bond donors (Lipinski definition) is 1. The van der Waals surface area contributed by atoms with Crippen molar-refractivity contribution in [3.8, 4) is 0 Å². The molecule has 1 saturated carbocycles. The Labute approximate surface area is 273 Å². The Morgan fingerprint density at radius 2 is 1.36 bits per heavy atom. The van der Waals surface area contributed by atoms with E-state index in [0.717, 1.165) is 25.7 Å². The zero-order valence-electron chi connectivity index (χ0n) is 29.7. The first-order valence-electron chi connectivity index (χ1n) is 18.1. The van der Waals surface area contributed by atoms with Crippen molar-refractivity contribution in [1.82, 2.24) is 0 Å². The van der Waals surface area contributed by atoms with Crippen LogP contribution in [0.15, 0.2) is 0 Å². The van der Waals surface area contributed by atoms with E-state index in [1.54, 1.807) is 6.92 Å². The third kappa shape index (κ3) is 9.92. The lowest BCUT2D eigenvalue weighted by Gasteiger charge is -2.51. The van der Waals surface area contributed by atoms with Gasteiger partial charge >= 0.3 is 17.9 Å². The van der Waals surface area contributed by atoms with Gasteiger partial charge in [-0.1, -0.05) is 78.6 Å². The molecule has 0 aromatic heterocycles. The molecule has 0 radical (unpaired) electrons. The van der Waals surface area contributed by atoms with Gasteiger partial charge in [-0.2, -0.15) is 0 Å². The molecular formula is C37H64O8. The molecule has 3 rings (SSSR count). The summed E-state index contributed by atoms with van der Waals surface area (Å²) in [7, 11) is 0. The van der Waals surface area contributed by atoms with Crippen molar-refractivity contribution >= 4 is 17.9 Å². The van der Waals surface area contributed by atoms with Gasteiger partial charge in [-0.05, 0) is 64.7 Å².